The Balaban J connectivity index is 1.41. The Morgan fingerprint density at radius 2 is 2.04 bits per heavy atom. The standard InChI is InChI=1S/C16H14N6O2S2/c1-23-12-6-4-11(5-7-12)15-18-17-14(24-15)10-26-16-19-20-21-22(16)9-13-3-2-8-25-13/h2-8H,9-10H2,1H3. The molecule has 132 valence electrons. The van der Waals surface area contributed by atoms with Gasteiger partial charge < -0.3 is 9.15 Å². The molecule has 0 saturated carbocycles. The first-order chi connectivity index (χ1) is 12.8. The van der Waals surface area contributed by atoms with Gasteiger partial charge in [-0.1, -0.05) is 17.8 Å². The zero-order valence-corrected chi connectivity index (χ0v) is 15.4. The molecule has 0 radical (unpaired) electrons. The highest BCUT2D eigenvalue weighted by Gasteiger charge is 2.13. The third-order valence-electron chi connectivity index (χ3n) is 3.51. The number of benzene rings is 1. The van der Waals surface area contributed by atoms with E-state index in [0.717, 1.165) is 11.3 Å². The summed E-state index contributed by atoms with van der Waals surface area (Å²) in [5, 5.41) is 22.8. The smallest absolute Gasteiger partial charge is 0.247 e. The molecule has 26 heavy (non-hydrogen) atoms. The Labute approximate surface area is 157 Å². The summed E-state index contributed by atoms with van der Waals surface area (Å²) in [5.74, 6) is 2.27. The molecule has 0 atom stereocenters. The van der Waals surface area contributed by atoms with Gasteiger partial charge in [0.2, 0.25) is 16.9 Å². The summed E-state index contributed by atoms with van der Waals surface area (Å²) in [6, 6.07) is 11.5. The molecule has 4 rings (SSSR count). The number of nitrogens with zero attached hydrogens (tertiary/aromatic N) is 6. The minimum absolute atomic E-state index is 0.474. The Morgan fingerprint density at radius 1 is 1.15 bits per heavy atom. The number of hydrogen-bond donors (Lipinski definition) is 0. The van der Waals surface area contributed by atoms with Crippen LogP contribution < -0.4 is 4.74 Å². The lowest BCUT2D eigenvalue weighted by atomic mass is 10.2. The van der Waals surface area contributed by atoms with Gasteiger partial charge in [0.25, 0.3) is 0 Å². The van der Waals surface area contributed by atoms with Gasteiger partial charge in [-0.2, -0.15) is 0 Å². The summed E-state index contributed by atoms with van der Waals surface area (Å²) >= 11 is 3.13. The molecule has 3 aromatic heterocycles. The van der Waals surface area contributed by atoms with Gasteiger partial charge in [0.05, 0.1) is 19.4 Å². The molecular formula is C16H14N6O2S2. The summed E-state index contributed by atoms with van der Waals surface area (Å²) in [4.78, 5) is 1.19. The molecular weight excluding hydrogens is 372 g/mol. The van der Waals surface area contributed by atoms with Gasteiger partial charge in [0, 0.05) is 10.4 Å². The van der Waals surface area contributed by atoms with Crippen molar-refractivity contribution < 1.29 is 9.15 Å². The third kappa shape index (κ3) is 3.75. The van der Waals surface area contributed by atoms with Gasteiger partial charge in [0.15, 0.2) is 0 Å². The van der Waals surface area contributed by atoms with Crippen LogP contribution in [0.15, 0.2) is 51.4 Å². The quantitative estimate of drug-likeness (QED) is 0.447. The fourth-order valence-corrected chi connectivity index (χ4v) is 3.64. The van der Waals surface area contributed by atoms with Crippen LogP contribution >= 0.6 is 23.1 Å². The van der Waals surface area contributed by atoms with E-state index < -0.39 is 0 Å². The lowest BCUT2D eigenvalue weighted by molar-refractivity contribution is 0.415. The maximum Gasteiger partial charge on any atom is 0.247 e. The summed E-state index contributed by atoms with van der Waals surface area (Å²) in [6.07, 6.45) is 0. The van der Waals surface area contributed by atoms with Crippen molar-refractivity contribution in [3.8, 4) is 17.2 Å². The molecule has 0 amide bonds. The van der Waals surface area contributed by atoms with Crippen molar-refractivity contribution in [1.29, 1.82) is 0 Å². The van der Waals surface area contributed by atoms with E-state index in [-0.39, 0.29) is 0 Å². The lowest BCUT2D eigenvalue weighted by Gasteiger charge is -2.01. The normalized spacial score (nSPS) is 11.0. The molecule has 0 saturated heterocycles. The van der Waals surface area contributed by atoms with Gasteiger partial charge in [-0.05, 0) is 46.1 Å². The van der Waals surface area contributed by atoms with Crippen molar-refractivity contribution in [1.82, 2.24) is 30.4 Å². The van der Waals surface area contributed by atoms with Crippen molar-refractivity contribution >= 4 is 23.1 Å². The minimum atomic E-state index is 0.474. The van der Waals surface area contributed by atoms with Crippen LogP contribution in [0.25, 0.3) is 11.5 Å². The molecule has 0 aliphatic carbocycles. The van der Waals surface area contributed by atoms with E-state index in [4.69, 9.17) is 9.15 Å². The first-order valence-corrected chi connectivity index (χ1v) is 9.56. The van der Waals surface area contributed by atoms with Crippen molar-refractivity contribution in [3.63, 3.8) is 0 Å². The highest BCUT2D eigenvalue weighted by Crippen LogP contribution is 2.25. The SMILES string of the molecule is COc1ccc(-c2nnc(CSc3nnnn3Cc3cccs3)o2)cc1. The summed E-state index contributed by atoms with van der Waals surface area (Å²) < 4.78 is 12.6. The minimum Gasteiger partial charge on any atom is -0.497 e. The fraction of sp³-hybridized carbons (Fsp3) is 0.188. The average molecular weight is 386 g/mol. The lowest BCUT2D eigenvalue weighted by Crippen LogP contribution is -2.02. The second-order valence-electron chi connectivity index (χ2n) is 5.22. The van der Waals surface area contributed by atoms with Gasteiger partial charge >= 0.3 is 0 Å². The third-order valence-corrected chi connectivity index (χ3v) is 5.32. The highest BCUT2D eigenvalue weighted by molar-refractivity contribution is 7.98. The zero-order valence-electron chi connectivity index (χ0n) is 13.8. The summed E-state index contributed by atoms with van der Waals surface area (Å²) in [5.41, 5.74) is 0.845. The molecule has 4 aromatic rings. The summed E-state index contributed by atoms with van der Waals surface area (Å²) in [6.45, 7) is 0.647. The molecule has 1 aromatic carbocycles. The molecule has 0 N–H and O–H groups in total. The number of rotatable bonds is 7. The number of aromatic nitrogens is 6. The molecule has 0 unspecified atom stereocenters. The Hall–Kier alpha value is -2.72. The van der Waals surface area contributed by atoms with E-state index in [2.05, 4.69) is 31.8 Å². The number of hydrogen-bond acceptors (Lipinski definition) is 9. The van der Waals surface area contributed by atoms with Gasteiger partial charge in [0.1, 0.15) is 5.75 Å². The van der Waals surface area contributed by atoms with Crippen LogP contribution in [-0.2, 0) is 12.3 Å². The van der Waals surface area contributed by atoms with Crippen molar-refractivity contribution in [2.24, 2.45) is 0 Å². The zero-order chi connectivity index (χ0) is 17.8. The van der Waals surface area contributed by atoms with Crippen LogP contribution in [0.2, 0.25) is 0 Å². The maximum atomic E-state index is 5.73. The van der Waals surface area contributed by atoms with Gasteiger partial charge in [-0.25, -0.2) is 4.68 Å². The van der Waals surface area contributed by atoms with Crippen LogP contribution in [0, 0.1) is 0 Å². The number of thiophene rings is 1. The van der Waals surface area contributed by atoms with E-state index in [1.54, 1.807) is 23.1 Å². The van der Waals surface area contributed by atoms with Crippen molar-refractivity contribution in [2.45, 2.75) is 17.5 Å². The maximum absolute atomic E-state index is 5.73. The van der Waals surface area contributed by atoms with Crippen molar-refractivity contribution in [3.05, 3.63) is 52.5 Å². The monoisotopic (exact) mass is 386 g/mol. The number of methoxy groups -OCH3 is 1. The first-order valence-electron chi connectivity index (χ1n) is 7.70. The predicted octanol–water partition coefficient (Wildman–Crippen LogP) is 3.13. The Bertz CT molecular complexity index is 965. The van der Waals surface area contributed by atoms with Crippen molar-refractivity contribution in [2.75, 3.05) is 7.11 Å². The molecule has 0 aliphatic rings. The molecule has 0 spiro atoms. The molecule has 0 bridgehead atoms. The van der Waals surface area contributed by atoms with Crippen LogP contribution in [0.3, 0.4) is 0 Å². The highest BCUT2D eigenvalue weighted by atomic mass is 32.2. The molecule has 10 heteroatoms. The van der Waals surface area contributed by atoms with E-state index in [9.17, 15) is 0 Å². The van der Waals surface area contributed by atoms with Gasteiger partial charge in [-0.15, -0.1) is 26.6 Å². The second-order valence-corrected chi connectivity index (χ2v) is 7.19. The average Bonchev–Trinajstić information content (AvgIpc) is 3.43. The predicted molar refractivity (Wildman–Crippen MR) is 97.1 cm³/mol. The van der Waals surface area contributed by atoms with Crippen LogP contribution in [0.5, 0.6) is 5.75 Å². The van der Waals surface area contributed by atoms with Gasteiger partial charge in [-0.3, -0.25) is 0 Å². The van der Waals surface area contributed by atoms with E-state index >= 15 is 0 Å². The van der Waals surface area contributed by atoms with Crippen LogP contribution in [0.1, 0.15) is 10.8 Å². The number of ether oxygens (including phenoxy) is 1. The largest absolute Gasteiger partial charge is 0.497 e. The van der Waals surface area contributed by atoms with Crippen LogP contribution in [-0.4, -0.2) is 37.5 Å². The number of tetrazole rings is 1. The first kappa shape index (κ1) is 16.7. The van der Waals surface area contributed by atoms with E-state index in [1.807, 2.05) is 35.7 Å². The van der Waals surface area contributed by atoms with E-state index in [1.165, 1.54) is 16.6 Å². The topological polar surface area (TPSA) is 91.8 Å². The molecule has 3 heterocycles. The second kappa shape index (κ2) is 7.67. The number of thioether (sulfide) groups is 1. The molecule has 0 aliphatic heterocycles. The Kier molecular flexibility index (Phi) is 4.93. The fourth-order valence-electron chi connectivity index (χ4n) is 2.24. The van der Waals surface area contributed by atoms with E-state index in [0.29, 0.717) is 29.2 Å². The van der Waals surface area contributed by atoms with Crippen LogP contribution in [0.4, 0.5) is 0 Å². The summed E-state index contributed by atoms with van der Waals surface area (Å²) in [7, 11) is 1.63. The molecule has 8 nitrogen and oxygen atoms in total. The molecule has 0 fully saturated rings. The Morgan fingerprint density at radius 3 is 2.81 bits per heavy atom.